The van der Waals surface area contributed by atoms with E-state index in [0.29, 0.717) is 29.1 Å². The molecule has 0 spiro atoms. The number of ether oxygens (including phenoxy) is 1. The summed E-state index contributed by atoms with van der Waals surface area (Å²) in [6, 6.07) is 18.3. The molecule has 1 N–H and O–H groups in total. The molecule has 7 nitrogen and oxygen atoms in total. The minimum atomic E-state index is -0.159. The molecule has 1 aliphatic rings. The van der Waals surface area contributed by atoms with Gasteiger partial charge in [0.2, 0.25) is 5.95 Å². The summed E-state index contributed by atoms with van der Waals surface area (Å²) in [7, 11) is 1.65. The lowest BCUT2D eigenvalue weighted by atomic mass is 10.0. The minimum absolute atomic E-state index is 0.159. The predicted octanol–water partition coefficient (Wildman–Crippen LogP) is 3.74. The number of rotatable bonds is 7. The Morgan fingerprint density at radius 1 is 1.17 bits per heavy atom. The molecule has 30 heavy (non-hydrogen) atoms. The Balaban J connectivity index is 1.29. The molecule has 0 aliphatic carbocycles. The molecular formula is C22H22ClN5O2. The normalized spacial score (nSPS) is 13.5. The van der Waals surface area contributed by atoms with Crippen LogP contribution in [0.3, 0.4) is 0 Å². The first-order chi connectivity index (χ1) is 14.6. The molecule has 4 rings (SSSR count). The number of anilines is 2. The highest BCUT2D eigenvalue weighted by Crippen LogP contribution is 2.24. The molecule has 154 valence electrons. The Hall–Kier alpha value is -3.32. The van der Waals surface area contributed by atoms with Gasteiger partial charge in [0.15, 0.2) is 0 Å². The summed E-state index contributed by atoms with van der Waals surface area (Å²) in [6.45, 7) is 2.34. The zero-order valence-corrected chi connectivity index (χ0v) is 17.3. The van der Waals surface area contributed by atoms with Crippen molar-refractivity contribution in [3.63, 3.8) is 0 Å². The van der Waals surface area contributed by atoms with Crippen LogP contribution in [0.1, 0.15) is 10.4 Å². The maximum Gasteiger partial charge on any atom is 0.272 e. The van der Waals surface area contributed by atoms with E-state index >= 15 is 0 Å². The molecule has 2 aromatic carbocycles. The van der Waals surface area contributed by atoms with Crippen LogP contribution in [0.5, 0.6) is 5.75 Å². The molecule has 1 saturated heterocycles. The minimum Gasteiger partial charge on any atom is -0.493 e. The molecule has 1 aliphatic heterocycles. The van der Waals surface area contributed by atoms with Crippen molar-refractivity contribution in [3.8, 4) is 5.75 Å². The van der Waals surface area contributed by atoms with Crippen molar-refractivity contribution in [3.05, 3.63) is 77.4 Å². The first-order valence-corrected chi connectivity index (χ1v) is 10.0. The molecule has 1 aromatic heterocycles. The molecule has 2 heterocycles. The summed E-state index contributed by atoms with van der Waals surface area (Å²) in [5.74, 6) is 2.27. The molecule has 0 saturated carbocycles. The average Bonchev–Trinajstić information content (AvgIpc) is 2.74. The maximum absolute atomic E-state index is 12.5. The number of aromatic nitrogens is 2. The van der Waals surface area contributed by atoms with Crippen LogP contribution in [-0.2, 0) is 0 Å². The summed E-state index contributed by atoms with van der Waals surface area (Å²) in [6.07, 6.45) is 1.68. The van der Waals surface area contributed by atoms with Gasteiger partial charge in [-0.2, -0.15) is 4.98 Å². The number of carbonyl (C=O) groups is 1. The number of nitrogens with zero attached hydrogens (tertiary/aromatic N) is 4. The van der Waals surface area contributed by atoms with E-state index in [2.05, 4.69) is 20.3 Å². The fourth-order valence-electron chi connectivity index (χ4n) is 3.16. The Morgan fingerprint density at radius 2 is 1.90 bits per heavy atom. The number of carbonyl (C=O) groups excluding carboxylic acids is 1. The molecule has 0 radical (unpaired) electrons. The largest absolute Gasteiger partial charge is 0.493 e. The fourth-order valence-corrected chi connectivity index (χ4v) is 3.29. The van der Waals surface area contributed by atoms with E-state index in [4.69, 9.17) is 16.3 Å². The van der Waals surface area contributed by atoms with Crippen LogP contribution in [0.25, 0.3) is 0 Å². The summed E-state index contributed by atoms with van der Waals surface area (Å²) < 4.78 is 5.82. The first-order valence-electron chi connectivity index (χ1n) is 9.64. The van der Waals surface area contributed by atoms with E-state index in [1.54, 1.807) is 25.4 Å². The third-order valence-electron chi connectivity index (χ3n) is 4.81. The van der Waals surface area contributed by atoms with Crippen molar-refractivity contribution in [2.45, 2.75) is 0 Å². The van der Waals surface area contributed by atoms with Gasteiger partial charge in [-0.1, -0.05) is 29.8 Å². The molecule has 8 heteroatoms. The lowest BCUT2D eigenvalue weighted by Crippen LogP contribution is -2.49. The second kappa shape index (κ2) is 9.00. The smallest absolute Gasteiger partial charge is 0.272 e. The van der Waals surface area contributed by atoms with Crippen molar-refractivity contribution >= 4 is 29.3 Å². The van der Waals surface area contributed by atoms with Crippen molar-refractivity contribution in [2.75, 3.05) is 37.1 Å². The van der Waals surface area contributed by atoms with Gasteiger partial charge in [0.1, 0.15) is 11.6 Å². The number of nitrogens with one attached hydrogen (secondary N) is 1. The van der Waals surface area contributed by atoms with Crippen LogP contribution >= 0.6 is 11.6 Å². The number of hydrogen-bond acceptors (Lipinski definition) is 6. The summed E-state index contributed by atoms with van der Waals surface area (Å²) in [5, 5.41) is 2.08. The number of amides is 1. The van der Waals surface area contributed by atoms with Gasteiger partial charge in [0.25, 0.3) is 5.91 Å². The van der Waals surface area contributed by atoms with Crippen LogP contribution in [0.15, 0.2) is 66.9 Å². The predicted molar refractivity (Wildman–Crippen MR) is 117 cm³/mol. The van der Waals surface area contributed by atoms with Crippen LogP contribution in [0, 0.1) is 5.92 Å². The van der Waals surface area contributed by atoms with Crippen molar-refractivity contribution in [1.82, 2.24) is 15.0 Å². The van der Waals surface area contributed by atoms with Gasteiger partial charge in [-0.3, -0.25) is 15.2 Å². The third-order valence-corrected chi connectivity index (χ3v) is 5.07. The molecule has 1 fully saturated rings. The molecular weight excluding hydrogens is 402 g/mol. The second-order valence-electron chi connectivity index (χ2n) is 7.12. The van der Waals surface area contributed by atoms with E-state index in [1.165, 1.54) is 5.01 Å². The van der Waals surface area contributed by atoms with E-state index in [1.807, 2.05) is 48.5 Å². The number of hydrazine groups is 1. The molecule has 1 amide bonds. The average molecular weight is 424 g/mol. The summed E-state index contributed by atoms with van der Waals surface area (Å²) in [5.41, 5.74) is 3.54. The van der Waals surface area contributed by atoms with Gasteiger partial charge < -0.3 is 9.64 Å². The fraction of sp³-hybridized carbons (Fsp3) is 0.227. The van der Waals surface area contributed by atoms with E-state index in [0.717, 1.165) is 24.7 Å². The van der Waals surface area contributed by atoms with Gasteiger partial charge >= 0.3 is 0 Å². The maximum atomic E-state index is 12.5. The zero-order chi connectivity index (χ0) is 20.9. The summed E-state index contributed by atoms with van der Waals surface area (Å²) in [4.78, 5) is 23.4. The lowest BCUT2D eigenvalue weighted by molar-refractivity contribution is 0.0825. The summed E-state index contributed by atoms with van der Waals surface area (Å²) >= 11 is 5.89. The van der Waals surface area contributed by atoms with E-state index < -0.39 is 0 Å². The van der Waals surface area contributed by atoms with Gasteiger partial charge in [0, 0.05) is 42.8 Å². The molecule has 0 atom stereocenters. The van der Waals surface area contributed by atoms with Gasteiger partial charge in [-0.25, -0.2) is 4.98 Å². The van der Waals surface area contributed by atoms with Crippen LogP contribution < -0.4 is 15.1 Å². The van der Waals surface area contributed by atoms with E-state index in [9.17, 15) is 4.79 Å². The number of hydrogen-bond donors (Lipinski definition) is 1. The lowest BCUT2D eigenvalue weighted by Gasteiger charge is -2.39. The topological polar surface area (TPSA) is 70.6 Å². The standard InChI is InChI=1S/C22H22ClN5O2/c1-27(21(29)17-5-3-2-4-6-17)26-22-24-12-11-20(25-22)28-13-16(14-28)15-30-19-9-7-18(23)8-10-19/h2-12,16H,13-15H2,1H3,(H,24,25,26). The third kappa shape index (κ3) is 4.80. The second-order valence-corrected chi connectivity index (χ2v) is 7.55. The Bertz CT molecular complexity index is 994. The van der Waals surface area contributed by atoms with Crippen molar-refractivity contribution < 1.29 is 9.53 Å². The van der Waals surface area contributed by atoms with Crippen molar-refractivity contribution in [1.29, 1.82) is 0 Å². The SMILES string of the molecule is CN(Nc1nccc(N2CC(COc3ccc(Cl)cc3)C2)n1)C(=O)c1ccccc1. The molecule has 3 aromatic rings. The van der Waals surface area contributed by atoms with Gasteiger partial charge in [0.05, 0.1) is 6.61 Å². The van der Waals surface area contributed by atoms with Crippen LogP contribution in [0.4, 0.5) is 11.8 Å². The highest BCUT2D eigenvalue weighted by Gasteiger charge is 2.28. The Labute approximate surface area is 180 Å². The highest BCUT2D eigenvalue weighted by atomic mass is 35.5. The Morgan fingerprint density at radius 3 is 2.63 bits per heavy atom. The highest BCUT2D eigenvalue weighted by molar-refractivity contribution is 6.30. The molecule has 0 unspecified atom stereocenters. The van der Waals surface area contributed by atoms with Crippen molar-refractivity contribution in [2.24, 2.45) is 5.92 Å². The monoisotopic (exact) mass is 423 g/mol. The van der Waals surface area contributed by atoms with Crippen LogP contribution in [-0.4, -0.2) is 47.6 Å². The number of benzene rings is 2. The zero-order valence-electron chi connectivity index (χ0n) is 16.5. The van der Waals surface area contributed by atoms with Crippen LogP contribution in [0.2, 0.25) is 5.02 Å². The Kier molecular flexibility index (Phi) is 5.99. The number of halogens is 1. The quantitative estimate of drug-likeness (QED) is 0.584. The van der Waals surface area contributed by atoms with Gasteiger partial charge in [-0.05, 0) is 42.5 Å². The first kappa shape index (κ1) is 20.0. The van der Waals surface area contributed by atoms with E-state index in [-0.39, 0.29) is 5.91 Å². The molecule has 0 bridgehead atoms. The van der Waals surface area contributed by atoms with Gasteiger partial charge in [-0.15, -0.1) is 0 Å².